The number of halogens is 4. The van der Waals surface area contributed by atoms with Gasteiger partial charge >= 0.3 is 0 Å². The van der Waals surface area contributed by atoms with Crippen LogP contribution in [0.1, 0.15) is 26.4 Å². The van der Waals surface area contributed by atoms with Crippen molar-refractivity contribution < 1.29 is 26.4 Å². The van der Waals surface area contributed by atoms with Gasteiger partial charge in [0.05, 0.1) is 21.9 Å². The molecule has 2 aromatic heterocycles. The number of carbonyl (C=O) groups is 1. The predicted octanol–water partition coefficient (Wildman–Crippen LogP) is 4.20. The second kappa shape index (κ2) is 9.95. The third-order valence-electron chi connectivity index (χ3n) is 4.36. The van der Waals surface area contributed by atoms with Crippen molar-refractivity contribution in [2.24, 2.45) is 0 Å². The Morgan fingerprint density at radius 1 is 1.21 bits per heavy atom. The molecule has 3 aromatic rings. The third kappa shape index (κ3) is 6.35. The normalized spacial score (nSPS) is 11.3. The summed E-state index contributed by atoms with van der Waals surface area (Å²) in [5.41, 5.74) is -0.357. The summed E-state index contributed by atoms with van der Waals surface area (Å²) in [5.74, 6) is 3.89. The largest absolute Gasteiger partial charge is 0.307 e. The van der Waals surface area contributed by atoms with E-state index in [0.717, 1.165) is 29.9 Å². The maximum absolute atomic E-state index is 13.8. The van der Waals surface area contributed by atoms with Crippen molar-refractivity contribution in [2.75, 3.05) is 6.26 Å². The lowest BCUT2D eigenvalue weighted by Crippen LogP contribution is -2.26. The van der Waals surface area contributed by atoms with E-state index in [2.05, 4.69) is 11.8 Å². The molecule has 2 heterocycles. The molecule has 5 nitrogen and oxygen atoms in total. The number of hydrogen-bond acceptors (Lipinski definition) is 5. The van der Waals surface area contributed by atoms with Crippen molar-refractivity contribution in [3.63, 3.8) is 0 Å². The molecule has 172 valence electrons. The first kappa shape index (κ1) is 24.8. The number of aromatic nitrogens is 1. The average molecular weight is 514 g/mol. The lowest BCUT2D eigenvalue weighted by molar-refractivity contribution is 0.0996. The molecule has 1 aromatic carbocycles. The van der Waals surface area contributed by atoms with Gasteiger partial charge in [0.15, 0.2) is 21.4 Å². The van der Waals surface area contributed by atoms with Crippen LogP contribution in [0.15, 0.2) is 52.3 Å². The molecule has 0 aliphatic carbocycles. The molecule has 0 fully saturated rings. The molecule has 0 spiro atoms. The molecule has 0 N–H and O–H groups in total. The molecular weight excluding hydrogens is 499 g/mol. The number of alkyl halides is 2. The lowest BCUT2D eigenvalue weighted by atomic mass is 10.1. The highest BCUT2D eigenvalue weighted by Crippen LogP contribution is 2.28. The summed E-state index contributed by atoms with van der Waals surface area (Å²) in [5, 5.41) is 0. The van der Waals surface area contributed by atoms with Gasteiger partial charge in [0, 0.05) is 24.4 Å². The van der Waals surface area contributed by atoms with E-state index in [4.69, 9.17) is 11.6 Å². The number of ketones is 1. The second-order valence-corrected chi connectivity index (χ2v) is 10.7. The summed E-state index contributed by atoms with van der Waals surface area (Å²) in [7, 11) is -3.40. The first-order valence-electron chi connectivity index (χ1n) is 9.25. The molecule has 0 saturated carbocycles. The zero-order valence-corrected chi connectivity index (χ0v) is 19.3. The number of Topliss-reactive ketones (excluding diaryl/α,β-unsaturated/α-hetero) is 1. The van der Waals surface area contributed by atoms with Crippen LogP contribution in [0.5, 0.6) is 0 Å². The van der Waals surface area contributed by atoms with Gasteiger partial charge in [-0.05, 0) is 35.9 Å². The van der Waals surface area contributed by atoms with Gasteiger partial charge in [0.2, 0.25) is 0 Å². The first-order valence-corrected chi connectivity index (χ1v) is 12.3. The standard InChI is InChI=1S/C22H15ClF3NO4S2/c1-33(30,31)16-4-2-3-13(7-16)5-6-15-10-19(32-21(15)23)18(28)9-14-8-17(24)22(29)27(11-14)12-20(25)26/h2-4,7-8,10-11,20H,9,12H2,1H3. The van der Waals surface area contributed by atoms with Crippen LogP contribution in [0.4, 0.5) is 13.2 Å². The summed E-state index contributed by atoms with van der Waals surface area (Å²) in [4.78, 5) is 24.6. The third-order valence-corrected chi connectivity index (χ3v) is 6.87. The Bertz CT molecular complexity index is 1450. The molecule has 0 radical (unpaired) electrons. The monoisotopic (exact) mass is 513 g/mol. The number of rotatable bonds is 6. The summed E-state index contributed by atoms with van der Waals surface area (Å²) in [6.45, 7) is -0.983. The Balaban J connectivity index is 1.83. The van der Waals surface area contributed by atoms with Gasteiger partial charge in [0.1, 0.15) is 4.34 Å². The van der Waals surface area contributed by atoms with Gasteiger partial charge < -0.3 is 4.57 Å². The second-order valence-electron chi connectivity index (χ2n) is 6.99. The number of sulfone groups is 1. The quantitative estimate of drug-likeness (QED) is 0.366. The Labute approximate surface area is 196 Å². The SMILES string of the molecule is CS(=O)(=O)c1cccc(C#Cc2cc(C(=O)Cc3cc(F)c(=O)n(CC(F)F)c3)sc2Cl)c1. The van der Waals surface area contributed by atoms with E-state index in [1.54, 1.807) is 12.1 Å². The van der Waals surface area contributed by atoms with Gasteiger partial charge in [-0.15, -0.1) is 11.3 Å². The van der Waals surface area contributed by atoms with Crippen molar-refractivity contribution >= 4 is 38.6 Å². The number of thiophene rings is 1. The van der Waals surface area contributed by atoms with Gasteiger partial charge in [-0.3, -0.25) is 9.59 Å². The lowest BCUT2D eigenvalue weighted by Gasteiger charge is -2.08. The van der Waals surface area contributed by atoms with Crippen molar-refractivity contribution in [3.8, 4) is 11.8 Å². The Morgan fingerprint density at radius 3 is 2.61 bits per heavy atom. The molecule has 3 rings (SSSR count). The highest BCUT2D eigenvalue weighted by Gasteiger charge is 2.16. The number of hydrogen-bond donors (Lipinski definition) is 0. The number of nitrogens with zero attached hydrogens (tertiary/aromatic N) is 1. The van der Waals surface area contributed by atoms with Crippen molar-refractivity contribution in [1.29, 1.82) is 0 Å². The fourth-order valence-corrected chi connectivity index (χ4v) is 4.64. The van der Waals surface area contributed by atoms with Gasteiger partial charge in [-0.25, -0.2) is 21.6 Å². The number of benzene rings is 1. The topological polar surface area (TPSA) is 73.2 Å². The minimum atomic E-state index is -3.40. The summed E-state index contributed by atoms with van der Waals surface area (Å²) < 4.78 is 63.1. The van der Waals surface area contributed by atoms with E-state index < -0.39 is 40.0 Å². The number of pyridine rings is 1. The fourth-order valence-electron chi connectivity index (χ4n) is 2.85. The van der Waals surface area contributed by atoms with Crippen LogP contribution in [-0.4, -0.2) is 31.4 Å². The molecule has 0 aliphatic heterocycles. The molecule has 0 atom stereocenters. The Hall–Kier alpha value is -2.87. The van der Waals surface area contributed by atoms with Gasteiger partial charge in [-0.2, -0.15) is 0 Å². The minimum absolute atomic E-state index is 0.0625. The van der Waals surface area contributed by atoms with Crippen LogP contribution >= 0.6 is 22.9 Å². The molecule has 0 aliphatic rings. The van der Waals surface area contributed by atoms with Crippen LogP contribution in [-0.2, 0) is 22.8 Å². The van der Waals surface area contributed by atoms with Crippen molar-refractivity contribution in [3.05, 3.63) is 84.7 Å². The molecule has 0 amide bonds. The summed E-state index contributed by atoms with van der Waals surface area (Å²) in [6.07, 6.45) is -1.08. The van der Waals surface area contributed by atoms with Crippen LogP contribution in [0.25, 0.3) is 0 Å². The van der Waals surface area contributed by atoms with E-state index in [1.807, 2.05) is 0 Å². The maximum Gasteiger partial charge on any atom is 0.286 e. The van der Waals surface area contributed by atoms with Crippen LogP contribution in [0.2, 0.25) is 4.34 Å². The molecule has 0 bridgehead atoms. The van der Waals surface area contributed by atoms with E-state index in [-0.39, 0.29) is 26.1 Å². The van der Waals surface area contributed by atoms with E-state index in [1.165, 1.54) is 18.2 Å². The minimum Gasteiger partial charge on any atom is -0.307 e. The van der Waals surface area contributed by atoms with Crippen molar-refractivity contribution in [1.82, 2.24) is 4.57 Å². The zero-order valence-electron chi connectivity index (χ0n) is 16.9. The molecule has 0 saturated heterocycles. The van der Waals surface area contributed by atoms with E-state index >= 15 is 0 Å². The van der Waals surface area contributed by atoms with Crippen molar-refractivity contribution in [2.45, 2.75) is 24.3 Å². The van der Waals surface area contributed by atoms with Gasteiger partial charge in [0.25, 0.3) is 12.0 Å². The fraction of sp³-hybridized carbons (Fsp3) is 0.182. The molecular formula is C22H15ClF3NO4S2. The highest BCUT2D eigenvalue weighted by molar-refractivity contribution is 7.90. The summed E-state index contributed by atoms with van der Waals surface area (Å²) in [6, 6.07) is 8.31. The predicted molar refractivity (Wildman–Crippen MR) is 120 cm³/mol. The highest BCUT2D eigenvalue weighted by atomic mass is 35.5. The maximum atomic E-state index is 13.8. The number of carbonyl (C=O) groups excluding carboxylic acids is 1. The van der Waals surface area contributed by atoms with E-state index in [9.17, 15) is 31.2 Å². The van der Waals surface area contributed by atoms with Gasteiger partial charge in [-0.1, -0.05) is 29.5 Å². The molecule has 11 heteroatoms. The summed E-state index contributed by atoms with van der Waals surface area (Å²) >= 11 is 7.11. The van der Waals surface area contributed by atoms with Crippen LogP contribution in [0, 0.1) is 17.7 Å². The molecule has 33 heavy (non-hydrogen) atoms. The zero-order chi connectivity index (χ0) is 24.3. The Kier molecular flexibility index (Phi) is 7.47. The van der Waals surface area contributed by atoms with E-state index in [0.29, 0.717) is 15.7 Å². The van der Waals surface area contributed by atoms with Crippen LogP contribution in [0.3, 0.4) is 0 Å². The first-order chi connectivity index (χ1) is 15.4. The Morgan fingerprint density at radius 2 is 1.94 bits per heavy atom. The smallest absolute Gasteiger partial charge is 0.286 e. The van der Waals surface area contributed by atoms with Crippen LogP contribution < -0.4 is 5.56 Å². The average Bonchev–Trinajstić information content (AvgIpc) is 3.10. The molecule has 0 unspecified atom stereocenters.